The van der Waals surface area contributed by atoms with Gasteiger partial charge in [0.15, 0.2) is 12.4 Å². The van der Waals surface area contributed by atoms with Crippen LogP contribution in [0, 0.1) is 0 Å². The molecule has 0 aliphatic carbocycles. The van der Waals surface area contributed by atoms with Crippen molar-refractivity contribution in [1.82, 2.24) is 5.32 Å². The summed E-state index contributed by atoms with van der Waals surface area (Å²) >= 11 is 5.93. The highest BCUT2D eigenvalue weighted by Crippen LogP contribution is 2.24. The van der Waals surface area contributed by atoms with Crippen molar-refractivity contribution in [3.05, 3.63) is 64.7 Å². The van der Waals surface area contributed by atoms with Gasteiger partial charge in [-0.25, -0.2) is 0 Å². The molecule has 0 aliphatic heterocycles. The molecule has 4 nitrogen and oxygen atoms in total. The largest absolute Gasteiger partial charge is 0.483 e. The Morgan fingerprint density at radius 2 is 1.88 bits per heavy atom. The number of Topliss-reactive ketones (excluding diaryl/α,β-unsaturated/α-hetero) is 1. The summed E-state index contributed by atoms with van der Waals surface area (Å²) in [6.07, 6.45) is 0.341. The maximum atomic E-state index is 12.1. The van der Waals surface area contributed by atoms with Crippen LogP contribution in [0.25, 0.3) is 0 Å². The number of benzene rings is 2. The van der Waals surface area contributed by atoms with Gasteiger partial charge in [-0.2, -0.15) is 0 Å². The van der Waals surface area contributed by atoms with Crippen LogP contribution in [-0.2, 0) is 4.79 Å². The molecule has 0 fully saturated rings. The van der Waals surface area contributed by atoms with Crippen LogP contribution in [-0.4, -0.2) is 18.3 Å². The number of amides is 1. The number of halogens is 1. The van der Waals surface area contributed by atoms with Gasteiger partial charge < -0.3 is 10.1 Å². The molecular formula is C19H20ClNO3. The summed E-state index contributed by atoms with van der Waals surface area (Å²) in [6.45, 7) is 3.51. The average molecular weight is 346 g/mol. The second kappa shape index (κ2) is 8.50. The van der Waals surface area contributed by atoms with E-state index >= 15 is 0 Å². The lowest BCUT2D eigenvalue weighted by Crippen LogP contribution is -2.31. The Labute approximate surface area is 146 Å². The Balaban J connectivity index is 1.98. The predicted octanol–water partition coefficient (Wildman–Crippen LogP) is 4.19. The average Bonchev–Trinajstić information content (AvgIpc) is 2.60. The molecule has 0 radical (unpaired) electrons. The van der Waals surface area contributed by atoms with E-state index in [1.807, 2.05) is 37.3 Å². The van der Waals surface area contributed by atoms with Gasteiger partial charge in [-0.1, -0.05) is 48.9 Å². The van der Waals surface area contributed by atoms with Crippen LogP contribution in [0.1, 0.15) is 42.2 Å². The van der Waals surface area contributed by atoms with Crippen LogP contribution in [0.4, 0.5) is 0 Å². The van der Waals surface area contributed by atoms with E-state index in [2.05, 4.69) is 5.32 Å². The number of hydrogen-bond donors (Lipinski definition) is 1. The lowest BCUT2D eigenvalue weighted by atomic mass is 10.1. The highest BCUT2D eigenvalue weighted by atomic mass is 35.5. The van der Waals surface area contributed by atoms with Crippen LogP contribution in [0.2, 0.25) is 5.02 Å². The van der Waals surface area contributed by atoms with Gasteiger partial charge >= 0.3 is 0 Å². The Bertz CT molecular complexity index is 716. The fourth-order valence-corrected chi connectivity index (χ4v) is 2.46. The summed E-state index contributed by atoms with van der Waals surface area (Å²) in [5.74, 6) is 0.0375. The summed E-state index contributed by atoms with van der Waals surface area (Å²) in [6, 6.07) is 14.3. The fraction of sp³-hybridized carbons (Fsp3) is 0.263. The van der Waals surface area contributed by atoms with Crippen molar-refractivity contribution < 1.29 is 14.3 Å². The Kier molecular flexibility index (Phi) is 6.38. The maximum absolute atomic E-state index is 12.1. The summed E-state index contributed by atoms with van der Waals surface area (Å²) in [5.41, 5.74) is 1.41. The maximum Gasteiger partial charge on any atom is 0.258 e. The molecule has 0 spiro atoms. The standard InChI is InChI=1S/C19H20ClNO3/c1-3-17(22)16-11-15(20)9-10-18(16)24-12-19(23)21-13(2)14-7-5-4-6-8-14/h4-11,13H,3,12H2,1-2H3,(H,21,23)/t13-/m0/s1. The van der Waals surface area contributed by atoms with Crippen molar-refractivity contribution in [2.45, 2.75) is 26.3 Å². The van der Waals surface area contributed by atoms with Crippen LogP contribution >= 0.6 is 11.6 Å². The molecule has 24 heavy (non-hydrogen) atoms. The van der Waals surface area contributed by atoms with Gasteiger partial charge in [0.25, 0.3) is 5.91 Å². The minimum atomic E-state index is -0.254. The minimum absolute atomic E-state index is 0.0782. The van der Waals surface area contributed by atoms with E-state index in [4.69, 9.17) is 16.3 Å². The van der Waals surface area contributed by atoms with Crippen molar-refractivity contribution in [3.8, 4) is 5.75 Å². The first-order valence-electron chi connectivity index (χ1n) is 7.81. The molecule has 0 saturated heterocycles. The number of ketones is 1. The highest BCUT2D eigenvalue weighted by Gasteiger charge is 2.14. The molecule has 0 unspecified atom stereocenters. The highest BCUT2D eigenvalue weighted by molar-refractivity contribution is 6.31. The second-order valence-electron chi connectivity index (χ2n) is 5.41. The van der Waals surface area contributed by atoms with Crippen molar-refractivity contribution in [3.63, 3.8) is 0 Å². The summed E-state index contributed by atoms with van der Waals surface area (Å²) in [5, 5.41) is 3.33. The fourth-order valence-electron chi connectivity index (χ4n) is 2.29. The number of nitrogens with one attached hydrogen (secondary N) is 1. The van der Waals surface area contributed by atoms with E-state index in [0.717, 1.165) is 5.56 Å². The molecule has 1 amide bonds. The third-order valence-electron chi connectivity index (χ3n) is 3.60. The third kappa shape index (κ3) is 4.83. The molecule has 2 rings (SSSR count). The molecule has 0 saturated carbocycles. The smallest absolute Gasteiger partial charge is 0.258 e. The summed E-state index contributed by atoms with van der Waals surface area (Å²) in [4.78, 5) is 24.0. The first-order valence-corrected chi connectivity index (χ1v) is 8.19. The van der Waals surface area contributed by atoms with Gasteiger partial charge in [0.1, 0.15) is 5.75 Å². The quantitative estimate of drug-likeness (QED) is 0.765. The molecule has 1 N–H and O–H groups in total. The van der Waals surface area contributed by atoms with E-state index in [0.29, 0.717) is 22.8 Å². The number of carbonyl (C=O) groups is 2. The van der Waals surface area contributed by atoms with Gasteiger partial charge in [-0.15, -0.1) is 0 Å². The lowest BCUT2D eigenvalue weighted by Gasteiger charge is -2.15. The first-order chi connectivity index (χ1) is 11.5. The third-order valence-corrected chi connectivity index (χ3v) is 3.83. The SMILES string of the molecule is CCC(=O)c1cc(Cl)ccc1OCC(=O)N[C@@H](C)c1ccccc1. The van der Waals surface area contributed by atoms with E-state index in [1.165, 1.54) is 0 Å². The zero-order valence-electron chi connectivity index (χ0n) is 13.7. The molecular weight excluding hydrogens is 326 g/mol. The number of hydrogen-bond acceptors (Lipinski definition) is 3. The van der Waals surface area contributed by atoms with Crippen molar-refractivity contribution in [1.29, 1.82) is 0 Å². The van der Waals surface area contributed by atoms with Gasteiger partial charge in [0.2, 0.25) is 0 Å². The molecule has 0 aromatic heterocycles. The van der Waals surface area contributed by atoms with Crippen LogP contribution in [0.15, 0.2) is 48.5 Å². The molecule has 5 heteroatoms. The molecule has 2 aromatic carbocycles. The molecule has 0 bridgehead atoms. The van der Waals surface area contributed by atoms with Crippen molar-refractivity contribution in [2.75, 3.05) is 6.61 Å². The van der Waals surface area contributed by atoms with Gasteiger partial charge in [-0.05, 0) is 30.7 Å². The zero-order chi connectivity index (χ0) is 17.5. The predicted molar refractivity (Wildman–Crippen MR) is 94.6 cm³/mol. The second-order valence-corrected chi connectivity index (χ2v) is 5.84. The number of ether oxygens (including phenoxy) is 1. The van der Waals surface area contributed by atoms with Crippen LogP contribution in [0.3, 0.4) is 0 Å². The Morgan fingerprint density at radius 1 is 1.17 bits per heavy atom. The summed E-state index contributed by atoms with van der Waals surface area (Å²) in [7, 11) is 0. The molecule has 2 aromatic rings. The molecule has 0 heterocycles. The van der Waals surface area contributed by atoms with Crippen LogP contribution < -0.4 is 10.1 Å². The van der Waals surface area contributed by atoms with Gasteiger partial charge in [0.05, 0.1) is 11.6 Å². The van der Waals surface area contributed by atoms with Crippen molar-refractivity contribution >= 4 is 23.3 Å². The molecule has 126 valence electrons. The topological polar surface area (TPSA) is 55.4 Å². The van der Waals surface area contributed by atoms with E-state index in [1.54, 1.807) is 25.1 Å². The number of carbonyl (C=O) groups excluding carboxylic acids is 2. The van der Waals surface area contributed by atoms with E-state index in [9.17, 15) is 9.59 Å². The van der Waals surface area contributed by atoms with Crippen LogP contribution in [0.5, 0.6) is 5.75 Å². The van der Waals surface area contributed by atoms with Crippen molar-refractivity contribution in [2.24, 2.45) is 0 Å². The monoisotopic (exact) mass is 345 g/mol. The van der Waals surface area contributed by atoms with Gasteiger partial charge in [0, 0.05) is 11.4 Å². The first kappa shape index (κ1) is 18.0. The zero-order valence-corrected chi connectivity index (χ0v) is 14.5. The van der Waals surface area contributed by atoms with E-state index in [-0.39, 0.29) is 24.3 Å². The number of rotatable bonds is 7. The summed E-state index contributed by atoms with van der Waals surface area (Å²) < 4.78 is 5.52. The Hall–Kier alpha value is -2.33. The molecule has 0 aliphatic rings. The lowest BCUT2D eigenvalue weighted by molar-refractivity contribution is -0.123. The molecule has 1 atom stereocenters. The minimum Gasteiger partial charge on any atom is -0.483 e. The Morgan fingerprint density at radius 3 is 2.54 bits per heavy atom. The van der Waals surface area contributed by atoms with E-state index < -0.39 is 0 Å². The van der Waals surface area contributed by atoms with Gasteiger partial charge in [-0.3, -0.25) is 9.59 Å². The normalized spacial score (nSPS) is 11.6.